The Kier molecular flexibility index (Phi) is 3.78. The highest BCUT2D eigenvalue weighted by Crippen LogP contribution is 2.41. The van der Waals surface area contributed by atoms with E-state index in [2.05, 4.69) is 22.7 Å². The Hall–Kier alpha value is -1.21. The van der Waals surface area contributed by atoms with Crippen LogP contribution >= 0.6 is 12.6 Å². The van der Waals surface area contributed by atoms with Gasteiger partial charge in [0.1, 0.15) is 18.3 Å². The van der Waals surface area contributed by atoms with Gasteiger partial charge in [0.2, 0.25) is 0 Å². The van der Waals surface area contributed by atoms with Crippen LogP contribution < -0.4 is 0 Å². The van der Waals surface area contributed by atoms with E-state index in [4.69, 9.17) is 0 Å². The van der Waals surface area contributed by atoms with Gasteiger partial charge in [-0.15, -0.1) is 0 Å². The molecule has 0 amide bonds. The van der Waals surface area contributed by atoms with Gasteiger partial charge in [-0.05, 0) is 6.08 Å². The van der Waals surface area contributed by atoms with E-state index in [0.717, 1.165) is 6.08 Å². The van der Waals surface area contributed by atoms with E-state index in [1.807, 2.05) is 0 Å². The lowest BCUT2D eigenvalue weighted by Gasteiger charge is -2.41. The maximum atomic E-state index is 14.0. The summed E-state index contributed by atoms with van der Waals surface area (Å²) in [6, 6.07) is 0. The van der Waals surface area contributed by atoms with Crippen LogP contribution in [0.25, 0.3) is 0 Å². The lowest BCUT2D eigenvalue weighted by molar-refractivity contribution is -0.111. The fourth-order valence-electron chi connectivity index (χ4n) is 2.16. The molecule has 4 nitrogen and oxygen atoms in total. The highest BCUT2D eigenvalue weighted by Gasteiger charge is 2.52. The predicted octanol–water partition coefficient (Wildman–Crippen LogP) is 1.70. The zero-order chi connectivity index (χ0) is 14.1. The Morgan fingerprint density at radius 2 is 2.26 bits per heavy atom. The van der Waals surface area contributed by atoms with Crippen LogP contribution in [-0.4, -0.2) is 36.6 Å². The van der Waals surface area contributed by atoms with E-state index in [1.165, 1.54) is 35.6 Å². The van der Waals surface area contributed by atoms with Crippen LogP contribution in [0.5, 0.6) is 0 Å². The van der Waals surface area contributed by atoms with E-state index >= 15 is 0 Å². The molecule has 0 radical (unpaired) electrons. The third-order valence-electron chi connectivity index (χ3n) is 3.29. The van der Waals surface area contributed by atoms with E-state index < -0.39 is 22.7 Å². The van der Waals surface area contributed by atoms with Crippen molar-refractivity contribution >= 4 is 12.6 Å². The lowest BCUT2D eigenvalue weighted by atomic mass is 9.78. The van der Waals surface area contributed by atoms with Crippen molar-refractivity contribution < 1.29 is 13.9 Å². The summed E-state index contributed by atoms with van der Waals surface area (Å²) in [6.07, 6.45) is 7.55. The van der Waals surface area contributed by atoms with E-state index in [0.29, 0.717) is 0 Å². The molecule has 0 aliphatic heterocycles. The second-order valence-electron chi connectivity index (χ2n) is 4.66. The minimum absolute atomic E-state index is 0.101. The number of nitrogens with zero attached hydrogens (tertiary/aromatic N) is 3. The first-order valence-electron chi connectivity index (χ1n) is 5.83. The van der Waals surface area contributed by atoms with Gasteiger partial charge < -0.3 is 5.11 Å². The minimum atomic E-state index is -3.12. The van der Waals surface area contributed by atoms with Crippen molar-refractivity contribution in [3.63, 3.8) is 0 Å². The number of thiol groups is 1. The van der Waals surface area contributed by atoms with Gasteiger partial charge in [-0.2, -0.15) is 17.7 Å². The Morgan fingerprint density at radius 1 is 1.53 bits per heavy atom. The highest BCUT2D eigenvalue weighted by atomic mass is 32.1. The van der Waals surface area contributed by atoms with Crippen molar-refractivity contribution in [1.29, 1.82) is 0 Å². The fraction of sp³-hybridized carbons (Fsp3) is 0.500. The van der Waals surface area contributed by atoms with Crippen molar-refractivity contribution in [1.82, 2.24) is 14.8 Å². The molecular formula is C12H15F2N3OS. The Morgan fingerprint density at radius 3 is 2.79 bits per heavy atom. The summed E-state index contributed by atoms with van der Waals surface area (Å²) in [5.41, 5.74) is -1.73. The first kappa shape index (κ1) is 14.2. The third-order valence-corrected chi connectivity index (χ3v) is 3.74. The molecule has 2 rings (SSSR count). The molecule has 19 heavy (non-hydrogen) atoms. The Labute approximate surface area is 115 Å². The molecule has 1 aliphatic rings. The summed E-state index contributed by atoms with van der Waals surface area (Å²) in [5.74, 6) is -4.48. The number of alkyl halides is 2. The molecule has 104 valence electrons. The molecule has 1 aromatic heterocycles. The zero-order valence-corrected chi connectivity index (χ0v) is 11.2. The Bertz CT molecular complexity index is 487. The summed E-state index contributed by atoms with van der Waals surface area (Å²) >= 11 is 4.18. The summed E-state index contributed by atoms with van der Waals surface area (Å²) in [6.45, 7) is 1.48. The average molecular weight is 287 g/mol. The fourth-order valence-corrected chi connectivity index (χ4v) is 2.40. The molecule has 1 aromatic rings. The standard InChI is InChI=1S/C12H15F2N3OS/c1-9(19)11(18,6-17-8-15-7-16-17)10-4-2-3-5-12(10,13)14/h2-5,7-10,18-19H,6H2,1H3/t9-,10?,11-/m1/s1. The molecule has 0 fully saturated rings. The Balaban J connectivity index is 2.34. The number of aromatic nitrogens is 3. The number of allylic oxidation sites excluding steroid dienone is 3. The van der Waals surface area contributed by atoms with Gasteiger partial charge in [0.15, 0.2) is 0 Å². The number of hydrogen-bond acceptors (Lipinski definition) is 4. The third kappa shape index (κ3) is 2.71. The van der Waals surface area contributed by atoms with Crippen molar-refractivity contribution in [2.45, 2.75) is 30.2 Å². The molecule has 0 saturated heterocycles. The number of halogens is 2. The molecule has 1 aliphatic carbocycles. The van der Waals surface area contributed by atoms with Crippen LogP contribution in [0.4, 0.5) is 8.78 Å². The van der Waals surface area contributed by atoms with E-state index in [1.54, 1.807) is 6.92 Å². The molecule has 7 heteroatoms. The highest BCUT2D eigenvalue weighted by molar-refractivity contribution is 7.81. The maximum absolute atomic E-state index is 14.0. The molecule has 3 atom stereocenters. The van der Waals surface area contributed by atoms with Crippen molar-refractivity contribution in [3.05, 3.63) is 37.0 Å². The van der Waals surface area contributed by atoms with Gasteiger partial charge in [0.25, 0.3) is 5.92 Å². The van der Waals surface area contributed by atoms with Crippen LogP contribution in [0, 0.1) is 5.92 Å². The summed E-state index contributed by atoms with van der Waals surface area (Å²) < 4.78 is 29.3. The SMILES string of the molecule is C[C@@H](S)[C@](O)(Cn1cncn1)C1C=CC=CC1(F)F. The van der Waals surface area contributed by atoms with E-state index in [-0.39, 0.29) is 6.54 Å². The minimum Gasteiger partial charge on any atom is -0.386 e. The van der Waals surface area contributed by atoms with Crippen LogP contribution in [0.2, 0.25) is 0 Å². The first-order valence-corrected chi connectivity index (χ1v) is 6.34. The van der Waals surface area contributed by atoms with Crippen molar-refractivity contribution in [2.24, 2.45) is 5.92 Å². The van der Waals surface area contributed by atoms with Crippen LogP contribution in [0.1, 0.15) is 6.92 Å². The van der Waals surface area contributed by atoms with Gasteiger partial charge in [-0.3, -0.25) is 4.68 Å². The second kappa shape index (κ2) is 5.05. The monoisotopic (exact) mass is 287 g/mol. The second-order valence-corrected chi connectivity index (χ2v) is 5.43. The van der Waals surface area contributed by atoms with Crippen LogP contribution in [-0.2, 0) is 6.54 Å². The van der Waals surface area contributed by atoms with Gasteiger partial charge >= 0.3 is 0 Å². The van der Waals surface area contributed by atoms with Crippen LogP contribution in [0.15, 0.2) is 37.0 Å². The quantitative estimate of drug-likeness (QED) is 0.829. The molecule has 0 aromatic carbocycles. The summed E-state index contributed by atoms with van der Waals surface area (Å²) in [7, 11) is 0. The normalized spacial score (nSPS) is 26.1. The van der Waals surface area contributed by atoms with Gasteiger partial charge in [0, 0.05) is 5.25 Å². The van der Waals surface area contributed by atoms with Crippen molar-refractivity contribution in [2.75, 3.05) is 0 Å². The smallest absolute Gasteiger partial charge is 0.275 e. The largest absolute Gasteiger partial charge is 0.386 e. The number of hydrogen-bond donors (Lipinski definition) is 2. The molecule has 1 N–H and O–H groups in total. The lowest BCUT2D eigenvalue weighted by Crippen LogP contribution is -2.54. The molecule has 1 heterocycles. The number of aliphatic hydroxyl groups is 1. The topological polar surface area (TPSA) is 50.9 Å². The molecule has 0 saturated carbocycles. The first-order chi connectivity index (χ1) is 8.86. The molecule has 1 unspecified atom stereocenters. The maximum Gasteiger partial charge on any atom is 0.275 e. The van der Waals surface area contributed by atoms with Crippen LogP contribution in [0.3, 0.4) is 0 Å². The zero-order valence-electron chi connectivity index (χ0n) is 10.3. The number of rotatable bonds is 4. The summed E-state index contributed by atoms with van der Waals surface area (Å²) in [5, 5.41) is 13.9. The van der Waals surface area contributed by atoms with Crippen molar-refractivity contribution in [3.8, 4) is 0 Å². The van der Waals surface area contributed by atoms with Gasteiger partial charge in [0.05, 0.1) is 12.5 Å². The molecule has 0 spiro atoms. The molecule has 0 bridgehead atoms. The molecular weight excluding hydrogens is 272 g/mol. The van der Waals surface area contributed by atoms with Gasteiger partial charge in [-0.1, -0.05) is 25.2 Å². The summed E-state index contributed by atoms with van der Waals surface area (Å²) in [4.78, 5) is 3.74. The van der Waals surface area contributed by atoms with E-state index in [9.17, 15) is 13.9 Å². The average Bonchev–Trinajstić information content (AvgIpc) is 2.80. The van der Waals surface area contributed by atoms with Gasteiger partial charge in [-0.25, -0.2) is 13.8 Å². The predicted molar refractivity (Wildman–Crippen MR) is 70.1 cm³/mol.